The van der Waals surface area contributed by atoms with E-state index in [0.29, 0.717) is 19.2 Å². The summed E-state index contributed by atoms with van der Waals surface area (Å²) in [6, 6.07) is 1.49. The molecule has 98 valence electrons. The van der Waals surface area contributed by atoms with Gasteiger partial charge < -0.3 is 4.90 Å². The van der Waals surface area contributed by atoms with Crippen molar-refractivity contribution in [2.75, 3.05) is 18.0 Å². The van der Waals surface area contributed by atoms with Crippen molar-refractivity contribution in [3.8, 4) is 0 Å². The zero-order valence-electron chi connectivity index (χ0n) is 9.92. The van der Waals surface area contributed by atoms with E-state index in [9.17, 15) is 24.6 Å². The Morgan fingerprint density at radius 1 is 1.11 bits per heavy atom. The van der Waals surface area contributed by atoms with Gasteiger partial charge in [0, 0.05) is 19.2 Å². The molecule has 0 aliphatic rings. The van der Waals surface area contributed by atoms with E-state index in [4.69, 9.17) is 0 Å². The molecule has 0 amide bonds. The maximum atomic E-state index is 13.5. The first-order valence-electron chi connectivity index (χ1n) is 5.29. The van der Waals surface area contributed by atoms with Gasteiger partial charge in [0.25, 0.3) is 5.69 Å². The van der Waals surface area contributed by atoms with Gasteiger partial charge >= 0.3 is 5.69 Å². The minimum Gasteiger partial charge on any atom is -0.366 e. The summed E-state index contributed by atoms with van der Waals surface area (Å²) in [4.78, 5) is 21.3. The van der Waals surface area contributed by atoms with Crippen LogP contribution in [0.4, 0.5) is 21.5 Å². The number of rotatable bonds is 5. The quantitative estimate of drug-likeness (QED) is 0.597. The van der Waals surface area contributed by atoms with Gasteiger partial charge in [-0.05, 0) is 13.8 Å². The maximum Gasteiger partial charge on any atom is 0.311 e. The molecule has 0 aliphatic heterocycles. The maximum absolute atomic E-state index is 13.5. The first-order valence-corrected chi connectivity index (χ1v) is 5.29. The molecular weight excluding hydrogens is 245 g/mol. The third kappa shape index (κ3) is 2.53. The standard InChI is InChI=1S/C10H12FN3O4/c1-3-12(4-2)9-5-7(11)8(13(15)16)6-10(9)14(17)18/h5-6H,3-4H2,1-2H3. The largest absolute Gasteiger partial charge is 0.366 e. The highest BCUT2D eigenvalue weighted by Crippen LogP contribution is 2.34. The Morgan fingerprint density at radius 3 is 2.00 bits per heavy atom. The molecular formula is C10H12FN3O4. The topological polar surface area (TPSA) is 89.5 Å². The van der Waals surface area contributed by atoms with Crippen LogP contribution in [-0.4, -0.2) is 22.9 Å². The number of benzene rings is 1. The van der Waals surface area contributed by atoms with Crippen LogP contribution in [-0.2, 0) is 0 Å². The fourth-order valence-electron chi connectivity index (χ4n) is 1.64. The van der Waals surface area contributed by atoms with Crippen molar-refractivity contribution in [2.24, 2.45) is 0 Å². The summed E-state index contributed by atoms with van der Waals surface area (Å²) in [6.45, 7) is 4.39. The van der Waals surface area contributed by atoms with E-state index in [-0.39, 0.29) is 5.69 Å². The number of halogens is 1. The molecule has 0 fully saturated rings. The van der Waals surface area contributed by atoms with Crippen LogP contribution < -0.4 is 4.90 Å². The van der Waals surface area contributed by atoms with Gasteiger partial charge in [0.05, 0.1) is 15.9 Å². The fraction of sp³-hybridized carbons (Fsp3) is 0.400. The predicted octanol–water partition coefficient (Wildman–Crippen LogP) is 2.49. The molecule has 0 aliphatic carbocycles. The first kappa shape index (κ1) is 13.8. The van der Waals surface area contributed by atoms with Crippen molar-refractivity contribution in [1.29, 1.82) is 0 Å². The highest BCUT2D eigenvalue weighted by molar-refractivity contribution is 5.67. The third-order valence-corrected chi connectivity index (χ3v) is 2.54. The second-order valence-electron chi connectivity index (χ2n) is 3.48. The summed E-state index contributed by atoms with van der Waals surface area (Å²) >= 11 is 0. The molecule has 0 aromatic heterocycles. The van der Waals surface area contributed by atoms with Crippen molar-refractivity contribution < 1.29 is 14.2 Å². The van der Waals surface area contributed by atoms with E-state index in [2.05, 4.69) is 0 Å². The molecule has 8 heteroatoms. The molecule has 0 unspecified atom stereocenters. The molecule has 18 heavy (non-hydrogen) atoms. The van der Waals surface area contributed by atoms with E-state index in [1.54, 1.807) is 18.7 Å². The van der Waals surface area contributed by atoms with Gasteiger partial charge in [-0.25, -0.2) is 0 Å². The van der Waals surface area contributed by atoms with Crippen molar-refractivity contribution in [1.82, 2.24) is 0 Å². The van der Waals surface area contributed by atoms with Crippen LogP contribution in [0.25, 0.3) is 0 Å². The van der Waals surface area contributed by atoms with E-state index in [0.717, 1.165) is 6.07 Å². The Balaban J connectivity index is 3.47. The zero-order chi connectivity index (χ0) is 13.9. The molecule has 0 bridgehead atoms. The molecule has 0 radical (unpaired) electrons. The van der Waals surface area contributed by atoms with Crippen molar-refractivity contribution in [3.05, 3.63) is 38.2 Å². The Morgan fingerprint density at radius 2 is 1.61 bits per heavy atom. The summed E-state index contributed by atoms with van der Waals surface area (Å²) < 4.78 is 13.5. The van der Waals surface area contributed by atoms with Crippen molar-refractivity contribution in [2.45, 2.75) is 13.8 Å². The number of hydrogen-bond donors (Lipinski definition) is 0. The first-order chi connectivity index (χ1) is 8.42. The van der Waals surface area contributed by atoms with E-state index >= 15 is 0 Å². The lowest BCUT2D eigenvalue weighted by atomic mass is 10.2. The van der Waals surface area contributed by atoms with Gasteiger partial charge in [-0.1, -0.05) is 0 Å². The number of nitrogens with zero attached hydrogens (tertiary/aromatic N) is 3. The fourth-order valence-corrected chi connectivity index (χ4v) is 1.64. The number of nitro benzene ring substituents is 2. The Bertz CT molecular complexity index is 488. The second-order valence-corrected chi connectivity index (χ2v) is 3.48. The lowest BCUT2D eigenvalue weighted by Gasteiger charge is -2.20. The number of anilines is 1. The normalized spacial score (nSPS) is 10.2. The monoisotopic (exact) mass is 257 g/mol. The van der Waals surface area contributed by atoms with Crippen LogP contribution >= 0.6 is 0 Å². The highest BCUT2D eigenvalue weighted by Gasteiger charge is 2.26. The smallest absolute Gasteiger partial charge is 0.311 e. The lowest BCUT2D eigenvalue weighted by Crippen LogP contribution is -2.23. The van der Waals surface area contributed by atoms with Gasteiger partial charge in [0.1, 0.15) is 5.69 Å². The summed E-state index contributed by atoms with van der Waals surface area (Å²) in [5.41, 5.74) is -1.31. The van der Waals surface area contributed by atoms with Gasteiger partial charge in [-0.3, -0.25) is 20.2 Å². The minimum absolute atomic E-state index is 0.0492. The highest BCUT2D eigenvalue weighted by atomic mass is 19.1. The van der Waals surface area contributed by atoms with Crippen molar-refractivity contribution >= 4 is 17.1 Å². The summed E-state index contributed by atoms with van der Waals surface area (Å²) in [7, 11) is 0. The summed E-state index contributed by atoms with van der Waals surface area (Å²) in [6.07, 6.45) is 0. The number of hydrogen-bond acceptors (Lipinski definition) is 5. The molecule has 0 saturated heterocycles. The van der Waals surface area contributed by atoms with Crippen LogP contribution in [0.15, 0.2) is 12.1 Å². The second kappa shape index (κ2) is 5.39. The van der Waals surface area contributed by atoms with E-state index in [1.807, 2.05) is 0 Å². The predicted molar refractivity (Wildman–Crippen MR) is 63.3 cm³/mol. The van der Waals surface area contributed by atoms with Gasteiger partial charge in [-0.2, -0.15) is 4.39 Å². The minimum atomic E-state index is -1.08. The molecule has 1 aromatic carbocycles. The van der Waals surface area contributed by atoms with Gasteiger partial charge in [-0.15, -0.1) is 0 Å². The molecule has 1 rings (SSSR count). The summed E-state index contributed by atoms with van der Waals surface area (Å²) in [5, 5.41) is 21.4. The Hall–Kier alpha value is -2.25. The van der Waals surface area contributed by atoms with E-state index < -0.39 is 27.0 Å². The average molecular weight is 257 g/mol. The van der Waals surface area contributed by atoms with Crippen LogP contribution in [0.5, 0.6) is 0 Å². The van der Waals surface area contributed by atoms with Crippen LogP contribution in [0.3, 0.4) is 0 Å². The molecule has 0 N–H and O–H groups in total. The molecule has 0 atom stereocenters. The molecule has 7 nitrogen and oxygen atoms in total. The van der Waals surface area contributed by atoms with Gasteiger partial charge in [0.15, 0.2) is 0 Å². The molecule has 0 spiro atoms. The van der Waals surface area contributed by atoms with Crippen LogP contribution in [0.2, 0.25) is 0 Å². The SMILES string of the molecule is CCN(CC)c1cc(F)c([N+](=O)[O-])cc1[N+](=O)[O-]. The molecule has 0 heterocycles. The number of nitro groups is 2. The van der Waals surface area contributed by atoms with Gasteiger partial charge in [0.2, 0.25) is 5.82 Å². The van der Waals surface area contributed by atoms with E-state index in [1.165, 1.54) is 0 Å². The summed E-state index contributed by atoms with van der Waals surface area (Å²) in [5.74, 6) is -1.08. The Kier molecular flexibility index (Phi) is 4.13. The zero-order valence-corrected chi connectivity index (χ0v) is 9.92. The molecule has 0 saturated carbocycles. The van der Waals surface area contributed by atoms with Crippen molar-refractivity contribution in [3.63, 3.8) is 0 Å². The third-order valence-electron chi connectivity index (χ3n) is 2.54. The lowest BCUT2D eigenvalue weighted by molar-refractivity contribution is -0.395. The van der Waals surface area contributed by atoms with Crippen LogP contribution in [0, 0.1) is 26.0 Å². The average Bonchev–Trinajstić information content (AvgIpc) is 2.29. The van der Waals surface area contributed by atoms with Crippen LogP contribution in [0.1, 0.15) is 13.8 Å². The molecule has 1 aromatic rings. The Labute approximate surface area is 102 Å².